The largest absolute Gasteiger partial charge is 0.496 e. The molecule has 96 valence electrons. The second-order valence-corrected chi connectivity index (χ2v) is 4.28. The standard InChI is InChI=1S/C13H15ClN2O2/c1-3-16-10(8-17)7-12(15-16)11-5-4-9(14)6-13(11)18-2/h4-7,17H,3,8H2,1-2H3. The van der Waals surface area contributed by atoms with E-state index in [-0.39, 0.29) is 6.61 Å². The Bertz CT molecular complexity index is 530. The van der Waals surface area contributed by atoms with Crippen LogP contribution in [0.4, 0.5) is 0 Å². The van der Waals surface area contributed by atoms with E-state index in [1.807, 2.05) is 19.1 Å². The van der Waals surface area contributed by atoms with Crippen molar-refractivity contribution in [3.8, 4) is 17.0 Å². The van der Waals surface area contributed by atoms with Crippen LogP contribution in [0.1, 0.15) is 12.6 Å². The quantitative estimate of drug-likeness (QED) is 0.926. The number of aliphatic hydroxyl groups is 1. The summed E-state index contributed by atoms with van der Waals surface area (Å²) in [6.07, 6.45) is 0. The maximum atomic E-state index is 9.27. The molecule has 0 aliphatic carbocycles. The number of hydrogen-bond acceptors (Lipinski definition) is 3. The fourth-order valence-corrected chi connectivity index (χ4v) is 2.03. The van der Waals surface area contributed by atoms with E-state index in [2.05, 4.69) is 5.10 Å². The molecule has 0 atom stereocenters. The lowest BCUT2D eigenvalue weighted by molar-refractivity contribution is 0.268. The summed E-state index contributed by atoms with van der Waals surface area (Å²) in [6, 6.07) is 7.27. The first-order valence-corrected chi connectivity index (χ1v) is 6.09. The van der Waals surface area contributed by atoms with Crippen molar-refractivity contribution in [2.75, 3.05) is 7.11 Å². The van der Waals surface area contributed by atoms with Crippen molar-refractivity contribution in [2.24, 2.45) is 0 Å². The second kappa shape index (κ2) is 5.42. The summed E-state index contributed by atoms with van der Waals surface area (Å²) in [4.78, 5) is 0. The summed E-state index contributed by atoms with van der Waals surface area (Å²) in [7, 11) is 1.60. The minimum absolute atomic E-state index is 0.0310. The van der Waals surface area contributed by atoms with Crippen molar-refractivity contribution in [1.29, 1.82) is 0 Å². The third-order valence-corrected chi connectivity index (χ3v) is 3.00. The molecule has 2 rings (SSSR count). The van der Waals surface area contributed by atoms with E-state index in [9.17, 15) is 5.11 Å². The lowest BCUT2D eigenvalue weighted by Crippen LogP contribution is -2.02. The second-order valence-electron chi connectivity index (χ2n) is 3.84. The van der Waals surface area contributed by atoms with Crippen molar-refractivity contribution >= 4 is 11.6 Å². The summed E-state index contributed by atoms with van der Waals surface area (Å²) in [5, 5.41) is 14.3. The topological polar surface area (TPSA) is 47.3 Å². The van der Waals surface area contributed by atoms with Gasteiger partial charge in [0, 0.05) is 17.1 Å². The highest BCUT2D eigenvalue weighted by Crippen LogP contribution is 2.31. The molecule has 0 aliphatic rings. The number of benzene rings is 1. The molecule has 1 N–H and O–H groups in total. The van der Waals surface area contributed by atoms with Crippen LogP contribution in [0.25, 0.3) is 11.3 Å². The molecule has 1 aromatic carbocycles. The molecule has 0 saturated heterocycles. The fraction of sp³-hybridized carbons (Fsp3) is 0.308. The van der Waals surface area contributed by atoms with Crippen LogP contribution in [-0.2, 0) is 13.2 Å². The molecule has 0 amide bonds. The number of halogens is 1. The van der Waals surface area contributed by atoms with Gasteiger partial charge in [-0.25, -0.2) is 0 Å². The summed E-state index contributed by atoms with van der Waals surface area (Å²) >= 11 is 5.93. The third-order valence-electron chi connectivity index (χ3n) is 2.76. The minimum atomic E-state index is -0.0310. The van der Waals surface area contributed by atoms with Gasteiger partial charge in [0.25, 0.3) is 0 Å². The molecule has 1 heterocycles. The van der Waals surface area contributed by atoms with E-state index < -0.39 is 0 Å². The van der Waals surface area contributed by atoms with Crippen LogP contribution in [0.3, 0.4) is 0 Å². The predicted molar refractivity (Wildman–Crippen MR) is 70.8 cm³/mol. The van der Waals surface area contributed by atoms with Gasteiger partial charge in [-0.2, -0.15) is 5.10 Å². The van der Waals surface area contributed by atoms with Gasteiger partial charge in [-0.15, -0.1) is 0 Å². The van der Waals surface area contributed by atoms with E-state index in [0.29, 0.717) is 17.3 Å². The number of rotatable bonds is 4. The van der Waals surface area contributed by atoms with Gasteiger partial charge < -0.3 is 9.84 Å². The van der Waals surface area contributed by atoms with E-state index in [1.54, 1.807) is 23.9 Å². The summed E-state index contributed by atoms with van der Waals surface area (Å²) in [6.45, 7) is 2.66. The third kappa shape index (κ3) is 2.35. The summed E-state index contributed by atoms with van der Waals surface area (Å²) in [5.74, 6) is 0.674. The average molecular weight is 267 g/mol. The van der Waals surface area contributed by atoms with Crippen LogP contribution < -0.4 is 4.74 Å². The van der Waals surface area contributed by atoms with E-state index in [4.69, 9.17) is 16.3 Å². The molecule has 1 aromatic heterocycles. The lowest BCUT2D eigenvalue weighted by Gasteiger charge is -2.06. The Kier molecular flexibility index (Phi) is 3.89. The normalized spacial score (nSPS) is 10.7. The highest BCUT2D eigenvalue weighted by Gasteiger charge is 2.12. The van der Waals surface area contributed by atoms with Crippen LogP contribution in [0.2, 0.25) is 5.02 Å². The Morgan fingerprint density at radius 2 is 2.17 bits per heavy atom. The van der Waals surface area contributed by atoms with Crippen LogP contribution in [0, 0.1) is 0 Å². The van der Waals surface area contributed by atoms with E-state index >= 15 is 0 Å². The molecule has 0 bridgehead atoms. The Balaban J connectivity index is 2.51. The molecule has 0 radical (unpaired) electrons. The molecule has 0 unspecified atom stereocenters. The maximum absolute atomic E-state index is 9.27. The number of nitrogens with zero attached hydrogens (tertiary/aromatic N) is 2. The molecule has 0 spiro atoms. The average Bonchev–Trinajstić information content (AvgIpc) is 2.81. The van der Waals surface area contributed by atoms with Gasteiger partial charge in [0.05, 0.1) is 25.1 Å². The van der Waals surface area contributed by atoms with Gasteiger partial charge in [-0.1, -0.05) is 11.6 Å². The molecule has 5 heteroatoms. The molecule has 0 aliphatic heterocycles. The maximum Gasteiger partial charge on any atom is 0.129 e. The van der Waals surface area contributed by atoms with Gasteiger partial charge in [-0.3, -0.25) is 4.68 Å². The van der Waals surface area contributed by atoms with Crippen molar-refractivity contribution in [3.05, 3.63) is 35.0 Å². The highest BCUT2D eigenvalue weighted by atomic mass is 35.5. The number of aromatic nitrogens is 2. The van der Waals surface area contributed by atoms with Gasteiger partial charge in [0.2, 0.25) is 0 Å². The minimum Gasteiger partial charge on any atom is -0.496 e. The number of ether oxygens (including phenoxy) is 1. The molecular weight excluding hydrogens is 252 g/mol. The summed E-state index contributed by atoms with van der Waals surface area (Å²) in [5.41, 5.74) is 2.42. The van der Waals surface area contributed by atoms with Crippen molar-refractivity contribution in [2.45, 2.75) is 20.1 Å². The Morgan fingerprint density at radius 3 is 2.72 bits per heavy atom. The SMILES string of the molecule is CCn1nc(-c2ccc(Cl)cc2OC)cc1CO. The smallest absolute Gasteiger partial charge is 0.129 e. The fourth-order valence-electron chi connectivity index (χ4n) is 1.86. The van der Waals surface area contributed by atoms with Crippen LogP contribution in [0.15, 0.2) is 24.3 Å². The van der Waals surface area contributed by atoms with Crippen molar-refractivity contribution < 1.29 is 9.84 Å². The van der Waals surface area contributed by atoms with Crippen molar-refractivity contribution in [3.63, 3.8) is 0 Å². The van der Waals surface area contributed by atoms with Crippen LogP contribution >= 0.6 is 11.6 Å². The molecule has 0 fully saturated rings. The summed E-state index contributed by atoms with van der Waals surface area (Å²) < 4.78 is 7.07. The predicted octanol–water partition coefficient (Wildman–Crippen LogP) is 2.72. The Labute approximate surface area is 111 Å². The Hall–Kier alpha value is -1.52. The monoisotopic (exact) mass is 266 g/mol. The number of aryl methyl sites for hydroxylation is 1. The first-order chi connectivity index (χ1) is 8.69. The number of methoxy groups -OCH3 is 1. The Morgan fingerprint density at radius 1 is 1.39 bits per heavy atom. The van der Waals surface area contributed by atoms with Gasteiger partial charge in [0.1, 0.15) is 5.75 Å². The van der Waals surface area contributed by atoms with Crippen LogP contribution in [0.5, 0.6) is 5.75 Å². The number of aliphatic hydroxyl groups excluding tert-OH is 1. The van der Waals surface area contributed by atoms with Crippen LogP contribution in [-0.4, -0.2) is 22.0 Å². The first-order valence-electron chi connectivity index (χ1n) is 5.71. The first kappa shape index (κ1) is 12.9. The number of hydrogen-bond donors (Lipinski definition) is 1. The zero-order valence-corrected chi connectivity index (χ0v) is 11.1. The molecule has 18 heavy (non-hydrogen) atoms. The molecule has 4 nitrogen and oxygen atoms in total. The molecular formula is C13H15ClN2O2. The van der Waals surface area contributed by atoms with Gasteiger partial charge in [-0.05, 0) is 31.2 Å². The van der Waals surface area contributed by atoms with Crippen molar-refractivity contribution in [1.82, 2.24) is 9.78 Å². The molecule has 2 aromatic rings. The van der Waals surface area contributed by atoms with E-state index in [1.165, 1.54) is 0 Å². The highest BCUT2D eigenvalue weighted by molar-refractivity contribution is 6.30. The zero-order chi connectivity index (χ0) is 13.1. The van der Waals surface area contributed by atoms with Gasteiger partial charge in [0.15, 0.2) is 0 Å². The van der Waals surface area contributed by atoms with Gasteiger partial charge >= 0.3 is 0 Å². The lowest BCUT2D eigenvalue weighted by atomic mass is 10.1. The van der Waals surface area contributed by atoms with E-state index in [0.717, 1.165) is 17.0 Å². The zero-order valence-electron chi connectivity index (χ0n) is 10.4. The molecule has 0 saturated carbocycles.